The average Bonchev–Trinajstić information content (AvgIpc) is 3.08. The molecule has 2 amide bonds. The second kappa shape index (κ2) is 5.25. The molecule has 0 aliphatic carbocycles. The second-order valence-electron chi connectivity index (χ2n) is 5.38. The number of amides is 2. The van der Waals surface area contributed by atoms with Crippen molar-refractivity contribution in [2.75, 3.05) is 24.5 Å². The van der Waals surface area contributed by atoms with Crippen LogP contribution in [0.2, 0.25) is 0 Å². The molecule has 0 aromatic heterocycles. The van der Waals surface area contributed by atoms with E-state index in [1.54, 1.807) is 12.1 Å². The summed E-state index contributed by atoms with van der Waals surface area (Å²) in [5.41, 5.74) is 1.17. The Kier molecular flexibility index (Phi) is 3.44. The van der Waals surface area contributed by atoms with Crippen molar-refractivity contribution in [3.8, 4) is 0 Å². The van der Waals surface area contributed by atoms with Gasteiger partial charge in [-0.15, -0.1) is 0 Å². The maximum Gasteiger partial charge on any atom is 0.255 e. The van der Waals surface area contributed by atoms with Gasteiger partial charge in [0.25, 0.3) is 5.91 Å². The van der Waals surface area contributed by atoms with Crippen LogP contribution in [0.5, 0.6) is 0 Å². The van der Waals surface area contributed by atoms with E-state index in [2.05, 4.69) is 0 Å². The number of benzene rings is 1. The zero-order chi connectivity index (χ0) is 14.1. The highest BCUT2D eigenvalue weighted by atomic mass is 16.3. The number of para-hydroxylation sites is 1. The summed E-state index contributed by atoms with van der Waals surface area (Å²) >= 11 is 0. The van der Waals surface area contributed by atoms with Gasteiger partial charge in [0.05, 0.1) is 30.3 Å². The molecule has 3 rings (SSSR count). The largest absolute Gasteiger partial charge is 0.391 e. The molecular weight excluding hydrogens is 256 g/mol. The molecular formula is C15H18N2O3. The van der Waals surface area contributed by atoms with Crippen molar-refractivity contribution in [3.05, 3.63) is 29.8 Å². The van der Waals surface area contributed by atoms with Crippen molar-refractivity contribution in [1.82, 2.24) is 4.90 Å². The molecule has 2 fully saturated rings. The first-order valence-electron chi connectivity index (χ1n) is 7.03. The van der Waals surface area contributed by atoms with Crippen LogP contribution < -0.4 is 4.90 Å². The van der Waals surface area contributed by atoms with E-state index in [-0.39, 0.29) is 24.8 Å². The number of hydrogen-bond acceptors (Lipinski definition) is 3. The number of aliphatic hydroxyl groups excluding tert-OH is 1. The van der Waals surface area contributed by atoms with Crippen LogP contribution in [0.3, 0.4) is 0 Å². The molecule has 1 N–H and O–H groups in total. The van der Waals surface area contributed by atoms with E-state index in [4.69, 9.17) is 0 Å². The summed E-state index contributed by atoms with van der Waals surface area (Å²) < 4.78 is 0. The lowest BCUT2D eigenvalue weighted by molar-refractivity contribution is -0.117. The Labute approximate surface area is 117 Å². The third kappa shape index (κ3) is 2.29. The topological polar surface area (TPSA) is 60.9 Å². The predicted molar refractivity (Wildman–Crippen MR) is 74.6 cm³/mol. The van der Waals surface area contributed by atoms with Crippen LogP contribution in [0.1, 0.15) is 29.6 Å². The van der Waals surface area contributed by atoms with Crippen LogP contribution >= 0.6 is 0 Å². The molecule has 2 aliphatic rings. The molecule has 1 unspecified atom stereocenters. The maximum atomic E-state index is 12.5. The number of rotatable bonds is 2. The fourth-order valence-electron chi connectivity index (χ4n) is 2.90. The molecule has 1 atom stereocenters. The Balaban J connectivity index is 1.92. The number of β-amino-alcohol motifs (C(OH)–C–C–N with tert-alkyl or cyclic N) is 1. The zero-order valence-corrected chi connectivity index (χ0v) is 11.3. The minimum atomic E-state index is -0.641. The van der Waals surface area contributed by atoms with Crippen LogP contribution in [0.25, 0.3) is 0 Å². The second-order valence-corrected chi connectivity index (χ2v) is 5.38. The van der Waals surface area contributed by atoms with Gasteiger partial charge in [-0.2, -0.15) is 0 Å². The number of hydrogen-bond donors (Lipinski definition) is 1. The Morgan fingerprint density at radius 3 is 2.55 bits per heavy atom. The summed E-state index contributed by atoms with van der Waals surface area (Å²) in [6.45, 7) is 1.83. The van der Waals surface area contributed by atoms with Gasteiger partial charge in [-0.25, -0.2) is 0 Å². The van der Waals surface area contributed by atoms with Gasteiger partial charge in [0.15, 0.2) is 0 Å². The van der Waals surface area contributed by atoms with E-state index < -0.39 is 6.10 Å². The van der Waals surface area contributed by atoms with Gasteiger partial charge in [-0.3, -0.25) is 9.59 Å². The molecule has 2 aliphatic heterocycles. The molecule has 0 spiro atoms. The predicted octanol–water partition coefficient (Wildman–Crippen LogP) is 1.02. The lowest BCUT2D eigenvalue weighted by Crippen LogP contribution is -2.32. The van der Waals surface area contributed by atoms with Gasteiger partial charge in [0.1, 0.15) is 0 Å². The van der Waals surface area contributed by atoms with Crippen LogP contribution in [0, 0.1) is 0 Å². The van der Waals surface area contributed by atoms with Crippen molar-refractivity contribution in [1.29, 1.82) is 0 Å². The van der Waals surface area contributed by atoms with E-state index in [0.29, 0.717) is 11.3 Å². The molecule has 0 bridgehead atoms. The van der Waals surface area contributed by atoms with E-state index in [1.807, 2.05) is 17.0 Å². The highest BCUT2D eigenvalue weighted by Crippen LogP contribution is 2.27. The number of likely N-dealkylation sites (tertiary alicyclic amines) is 1. The van der Waals surface area contributed by atoms with Crippen molar-refractivity contribution < 1.29 is 14.7 Å². The standard InChI is InChI=1S/C15H18N2O3/c18-11-9-14(19)17(10-11)13-6-2-1-5-12(13)15(20)16-7-3-4-8-16/h1-2,5-6,11,18H,3-4,7-10H2. The Hall–Kier alpha value is -1.88. The van der Waals surface area contributed by atoms with Crippen molar-refractivity contribution in [2.45, 2.75) is 25.4 Å². The molecule has 106 valence electrons. The van der Waals surface area contributed by atoms with Crippen LogP contribution in [0.15, 0.2) is 24.3 Å². The SMILES string of the molecule is O=C(c1ccccc1N1CC(O)CC1=O)N1CCCC1. The molecule has 1 aromatic carbocycles. The average molecular weight is 274 g/mol. The summed E-state index contributed by atoms with van der Waals surface area (Å²) in [6, 6.07) is 7.16. The number of carbonyl (C=O) groups excluding carboxylic acids is 2. The summed E-state index contributed by atoms with van der Waals surface area (Å²) in [7, 11) is 0. The molecule has 0 saturated carbocycles. The van der Waals surface area contributed by atoms with E-state index in [1.165, 1.54) is 4.90 Å². The summed E-state index contributed by atoms with van der Waals surface area (Å²) in [4.78, 5) is 27.8. The lowest BCUT2D eigenvalue weighted by Gasteiger charge is -2.22. The Morgan fingerprint density at radius 2 is 1.90 bits per heavy atom. The first-order chi connectivity index (χ1) is 9.66. The summed E-state index contributed by atoms with van der Waals surface area (Å²) in [5, 5.41) is 9.61. The third-order valence-corrected chi connectivity index (χ3v) is 3.92. The van der Waals surface area contributed by atoms with E-state index >= 15 is 0 Å². The monoisotopic (exact) mass is 274 g/mol. The first kappa shape index (κ1) is 13.1. The fourth-order valence-corrected chi connectivity index (χ4v) is 2.90. The summed E-state index contributed by atoms with van der Waals surface area (Å²) in [5.74, 6) is -0.147. The van der Waals surface area contributed by atoms with Crippen molar-refractivity contribution in [2.24, 2.45) is 0 Å². The molecule has 0 radical (unpaired) electrons. The van der Waals surface area contributed by atoms with Crippen LogP contribution in [0.4, 0.5) is 5.69 Å². The normalized spacial score (nSPS) is 22.6. The number of aliphatic hydroxyl groups is 1. The van der Waals surface area contributed by atoms with Gasteiger partial charge in [0, 0.05) is 13.1 Å². The summed E-state index contributed by atoms with van der Waals surface area (Å²) in [6.07, 6.45) is 1.56. The highest BCUT2D eigenvalue weighted by Gasteiger charge is 2.32. The Bertz CT molecular complexity index is 538. The van der Waals surface area contributed by atoms with Gasteiger partial charge in [-0.05, 0) is 25.0 Å². The number of anilines is 1. The van der Waals surface area contributed by atoms with E-state index in [9.17, 15) is 14.7 Å². The van der Waals surface area contributed by atoms with Gasteiger partial charge in [0.2, 0.25) is 5.91 Å². The highest BCUT2D eigenvalue weighted by molar-refractivity contribution is 6.05. The Morgan fingerprint density at radius 1 is 1.20 bits per heavy atom. The van der Waals surface area contributed by atoms with Crippen molar-refractivity contribution in [3.63, 3.8) is 0 Å². The number of nitrogens with zero attached hydrogens (tertiary/aromatic N) is 2. The number of carbonyl (C=O) groups is 2. The smallest absolute Gasteiger partial charge is 0.255 e. The molecule has 2 saturated heterocycles. The fraction of sp³-hybridized carbons (Fsp3) is 0.467. The molecule has 5 heteroatoms. The molecule has 1 aromatic rings. The first-order valence-corrected chi connectivity index (χ1v) is 7.03. The minimum absolute atomic E-state index is 0.0210. The van der Waals surface area contributed by atoms with Crippen molar-refractivity contribution >= 4 is 17.5 Å². The van der Waals surface area contributed by atoms with Gasteiger partial charge < -0.3 is 14.9 Å². The quantitative estimate of drug-likeness (QED) is 0.876. The third-order valence-electron chi connectivity index (χ3n) is 3.92. The molecule has 20 heavy (non-hydrogen) atoms. The lowest BCUT2D eigenvalue weighted by atomic mass is 10.1. The van der Waals surface area contributed by atoms with Crippen LogP contribution in [-0.2, 0) is 4.79 Å². The molecule has 5 nitrogen and oxygen atoms in total. The van der Waals surface area contributed by atoms with Gasteiger partial charge in [-0.1, -0.05) is 12.1 Å². The van der Waals surface area contributed by atoms with Gasteiger partial charge >= 0.3 is 0 Å². The zero-order valence-electron chi connectivity index (χ0n) is 11.3. The van der Waals surface area contributed by atoms with E-state index in [0.717, 1.165) is 25.9 Å². The minimum Gasteiger partial charge on any atom is -0.391 e. The van der Waals surface area contributed by atoms with Crippen LogP contribution in [-0.4, -0.2) is 47.6 Å². The molecule has 2 heterocycles. The maximum absolute atomic E-state index is 12.5.